The molecule has 2 aromatic carbocycles. The highest BCUT2D eigenvalue weighted by Gasteiger charge is 2.08. The van der Waals surface area contributed by atoms with Gasteiger partial charge in [-0.15, -0.1) is 10.2 Å². The monoisotopic (exact) mass is 429 g/mol. The fourth-order valence-corrected chi connectivity index (χ4v) is 5.42. The van der Waals surface area contributed by atoms with Crippen molar-refractivity contribution in [3.05, 3.63) is 65.7 Å². The molecular formula is C21H23N3OS3. The first-order valence-electron chi connectivity index (χ1n) is 9.13. The highest BCUT2D eigenvalue weighted by atomic mass is 32.2. The Kier molecular flexibility index (Phi) is 7.94. The van der Waals surface area contributed by atoms with Gasteiger partial charge in [0.15, 0.2) is 8.68 Å². The average molecular weight is 430 g/mol. The van der Waals surface area contributed by atoms with Crippen LogP contribution in [-0.4, -0.2) is 21.9 Å². The standard InChI is InChI=1S/C21H23N3OS3/c1-15(2)17-10-8-16(9-11-17)14-27-21-24-23-20(28-21)26-13-12-19(25)22-18-6-4-3-5-7-18/h3-11,15H,12-14H2,1-2H3,(H,22,25). The van der Waals surface area contributed by atoms with Crippen molar-refractivity contribution >= 4 is 46.5 Å². The molecule has 7 heteroatoms. The Morgan fingerprint density at radius 1 is 1.00 bits per heavy atom. The zero-order chi connectivity index (χ0) is 19.8. The number of carbonyl (C=O) groups is 1. The molecule has 0 bridgehead atoms. The van der Waals surface area contributed by atoms with Gasteiger partial charge in [-0.05, 0) is 29.2 Å². The van der Waals surface area contributed by atoms with Crippen LogP contribution >= 0.6 is 34.9 Å². The normalized spacial score (nSPS) is 11.0. The molecule has 0 aliphatic rings. The third kappa shape index (κ3) is 6.65. The van der Waals surface area contributed by atoms with Gasteiger partial charge in [-0.25, -0.2) is 0 Å². The van der Waals surface area contributed by atoms with Crippen molar-refractivity contribution in [3.8, 4) is 0 Å². The summed E-state index contributed by atoms with van der Waals surface area (Å²) in [5.74, 6) is 2.15. The largest absolute Gasteiger partial charge is 0.326 e. The van der Waals surface area contributed by atoms with Crippen molar-refractivity contribution in [1.82, 2.24) is 10.2 Å². The van der Waals surface area contributed by atoms with Gasteiger partial charge in [-0.1, -0.05) is 91.2 Å². The Morgan fingerprint density at radius 2 is 1.68 bits per heavy atom. The molecule has 0 aliphatic carbocycles. The van der Waals surface area contributed by atoms with Crippen LogP contribution in [0.25, 0.3) is 0 Å². The first-order valence-corrected chi connectivity index (χ1v) is 11.9. The molecule has 0 saturated carbocycles. The fourth-order valence-electron chi connectivity index (χ4n) is 2.43. The summed E-state index contributed by atoms with van der Waals surface area (Å²) in [6.07, 6.45) is 0.448. The molecule has 0 aliphatic heterocycles. The first kappa shape index (κ1) is 20.9. The van der Waals surface area contributed by atoms with Crippen molar-refractivity contribution in [3.63, 3.8) is 0 Å². The molecule has 0 saturated heterocycles. The van der Waals surface area contributed by atoms with Gasteiger partial charge in [0.2, 0.25) is 5.91 Å². The summed E-state index contributed by atoms with van der Waals surface area (Å²) in [5.41, 5.74) is 3.48. The quantitative estimate of drug-likeness (QED) is 0.418. The molecule has 3 rings (SSSR count). The number of para-hydroxylation sites is 1. The van der Waals surface area contributed by atoms with E-state index in [1.54, 1.807) is 34.9 Å². The molecule has 1 amide bonds. The summed E-state index contributed by atoms with van der Waals surface area (Å²) < 4.78 is 1.87. The molecule has 0 radical (unpaired) electrons. The molecule has 1 aromatic heterocycles. The zero-order valence-electron chi connectivity index (χ0n) is 15.9. The minimum atomic E-state index is 0.0164. The number of rotatable bonds is 9. The van der Waals surface area contributed by atoms with Crippen molar-refractivity contribution in [2.45, 2.75) is 40.6 Å². The highest BCUT2D eigenvalue weighted by molar-refractivity contribution is 8.02. The van der Waals surface area contributed by atoms with Gasteiger partial charge in [-0.2, -0.15) is 0 Å². The van der Waals surface area contributed by atoms with Crippen LogP contribution in [0.1, 0.15) is 37.3 Å². The summed E-state index contributed by atoms with van der Waals surface area (Å²) >= 11 is 4.87. The third-order valence-electron chi connectivity index (χ3n) is 4.01. The van der Waals surface area contributed by atoms with Crippen molar-refractivity contribution in [1.29, 1.82) is 0 Å². The van der Waals surface area contributed by atoms with Gasteiger partial charge in [0.05, 0.1) is 0 Å². The van der Waals surface area contributed by atoms with E-state index in [0.29, 0.717) is 18.1 Å². The van der Waals surface area contributed by atoms with Gasteiger partial charge < -0.3 is 5.32 Å². The summed E-state index contributed by atoms with van der Waals surface area (Å²) in [7, 11) is 0. The summed E-state index contributed by atoms with van der Waals surface area (Å²) in [6, 6.07) is 18.3. The van der Waals surface area contributed by atoms with E-state index in [9.17, 15) is 4.79 Å². The topological polar surface area (TPSA) is 54.9 Å². The lowest BCUT2D eigenvalue weighted by Gasteiger charge is -2.06. The maximum atomic E-state index is 12.0. The van der Waals surface area contributed by atoms with Crippen molar-refractivity contribution in [2.75, 3.05) is 11.1 Å². The second kappa shape index (κ2) is 10.6. The van der Waals surface area contributed by atoms with Gasteiger partial charge in [-0.3, -0.25) is 4.79 Å². The molecule has 0 spiro atoms. The molecule has 0 unspecified atom stereocenters. The number of aromatic nitrogens is 2. The van der Waals surface area contributed by atoms with Gasteiger partial charge >= 0.3 is 0 Å². The lowest BCUT2D eigenvalue weighted by molar-refractivity contribution is -0.115. The van der Waals surface area contributed by atoms with Gasteiger partial charge in [0.1, 0.15) is 0 Å². The Labute approximate surface area is 178 Å². The minimum absolute atomic E-state index is 0.0164. The predicted octanol–water partition coefficient (Wildman–Crippen LogP) is 6.07. The summed E-state index contributed by atoms with van der Waals surface area (Å²) in [6.45, 7) is 4.41. The number of amides is 1. The predicted molar refractivity (Wildman–Crippen MR) is 120 cm³/mol. The number of nitrogens with zero attached hydrogens (tertiary/aromatic N) is 2. The number of anilines is 1. The molecule has 3 aromatic rings. The second-order valence-corrected chi connectivity index (χ2v) is 10.1. The van der Waals surface area contributed by atoms with E-state index in [-0.39, 0.29) is 5.91 Å². The molecular weight excluding hydrogens is 406 g/mol. The highest BCUT2D eigenvalue weighted by Crippen LogP contribution is 2.31. The SMILES string of the molecule is CC(C)c1ccc(CSc2nnc(SCCC(=O)Nc3ccccc3)s2)cc1. The van der Waals surface area contributed by atoms with Crippen LogP contribution < -0.4 is 5.32 Å². The van der Waals surface area contributed by atoms with Crippen LogP contribution in [0.2, 0.25) is 0 Å². The maximum Gasteiger partial charge on any atom is 0.225 e. The third-order valence-corrected chi connectivity index (χ3v) is 7.27. The van der Waals surface area contributed by atoms with Crippen LogP contribution in [-0.2, 0) is 10.5 Å². The fraction of sp³-hybridized carbons (Fsp3) is 0.286. The van der Waals surface area contributed by atoms with Crippen molar-refractivity contribution < 1.29 is 4.79 Å². The zero-order valence-corrected chi connectivity index (χ0v) is 18.4. The molecule has 146 valence electrons. The number of hydrogen-bond donors (Lipinski definition) is 1. The van der Waals surface area contributed by atoms with Crippen LogP contribution in [0.3, 0.4) is 0 Å². The molecule has 4 nitrogen and oxygen atoms in total. The van der Waals surface area contributed by atoms with E-state index >= 15 is 0 Å². The molecule has 1 heterocycles. The van der Waals surface area contributed by atoms with Gasteiger partial charge in [0.25, 0.3) is 0 Å². The summed E-state index contributed by atoms with van der Waals surface area (Å²) in [4.78, 5) is 12.0. The Bertz CT molecular complexity index is 879. The average Bonchev–Trinajstić information content (AvgIpc) is 3.15. The van der Waals surface area contributed by atoms with E-state index in [2.05, 4.69) is 53.6 Å². The van der Waals surface area contributed by atoms with E-state index in [1.807, 2.05) is 30.3 Å². The Balaban J connectivity index is 1.39. The molecule has 1 N–H and O–H groups in total. The lowest BCUT2D eigenvalue weighted by atomic mass is 10.0. The smallest absolute Gasteiger partial charge is 0.225 e. The number of carbonyl (C=O) groups excluding carboxylic acids is 1. The number of thioether (sulfide) groups is 2. The summed E-state index contributed by atoms with van der Waals surface area (Å²) in [5, 5.41) is 11.4. The minimum Gasteiger partial charge on any atom is -0.326 e. The number of nitrogens with one attached hydrogen (secondary N) is 1. The second-order valence-electron chi connectivity index (χ2n) is 6.53. The maximum absolute atomic E-state index is 12.0. The molecule has 28 heavy (non-hydrogen) atoms. The lowest BCUT2D eigenvalue weighted by Crippen LogP contribution is -2.11. The first-order chi connectivity index (χ1) is 13.6. The Morgan fingerprint density at radius 3 is 2.36 bits per heavy atom. The van der Waals surface area contributed by atoms with Crippen LogP contribution in [0.15, 0.2) is 63.3 Å². The van der Waals surface area contributed by atoms with E-state index < -0.39 is 0 Å². The number of hydrogen-bond acceptors (Lipinski definition) is 6. The van der Waals surface area contributed by atoms with Crippen molar-refractivity contribution in [2.24, 2.45) is 0 Å². The van der Waals surface area contributed by atoms with E-state index in [4.69, 9.17) is 0 Å². The Hall–Kier alpha value is -1.83. The van der Waals surface area contributed by atoms with Crippen LogP contribution in [0.4, 0.5) is 5.69 Å². The molecule has 0 atom stereocenters. The van der Waals surface area contributed by atoms with Gasteiger partial charge in [0, 0.05) is 23.6 Å². The van der Waals surface area contributed by atoms with Crippen LogP contribution in [0, 0.1) is 0 Å². The van der Waals surface area contributed by atoms with E-state index in [1.165, 1.54) is 11.1 Å². The molecule has 0 fully saturated rings. The van der Waals surface area contributed by atoms with E-state index in [0.717, 1.165) is 20.1 Å². The number of benzene rings is 2. The van der Waals surface area contributed by atoms with Crippen LogP contribution in [0.5, 0.6) is 0 Å².